The topological polar surface area (TPSA) is 26.0 Å². The lowest BCUT2D eigenvalue weighted by Gasteiger charge is -2.11. The molecule has 1 aromatic rings. The molecular formula is C11H19NO. The van der Waals surface area contributed by atoms with E-state index < -0.39 is 0 Å². The summed E-state index contributed by atoms with van der Waals surface area (Å²) in [7, 11) is 0. The molecule has 0 aromatic carbocycles. The van der Waals surface area contributed by atoms with Crippen LogP contribution in [0.4, 0.5) is 0 Å². The highest BCUT2D eigenvalue weighted by atomic mass is 16.5. The maximum atomic E-state index is 5.02. The monoisotopic (exact) mass is 181 g/mol. The van der Waals surface area contributed by atoms with Crippen LogP contribution in [0.15, 0.2) is 10.8 Å². The van der Waals surface area contributed by atoms with Gasteiger partial charge in [0.25, 0.3) is 0 Å². The van der Waals surface area contributed by atoms with Crippen molar-refractivity contribution in [2.24, 2.45) is 0 Å². The van der Waals surface area contributed by atoms with Crippen LogP contribution in [0.3, 0.4) is 0 Å². The minimum absolute atomic E-state index is 0.596. The number of hydrogen-bond donors (Lipinski definition) is 0. The second-order valence-electron chi connectivity index (χ2n) is 3.47. The van der Waals surface area contributed by atoms with Gasteiger partial charge in [0, 0.05) is 11.5 Å². The van der Waals surface area contributed by atoms with Crippen LogP contribution in [0.5, 0.6) is 0 Å². The Morgan fingerprint density at radius 3 is 2.69 bits per heavy atom. The molecule has 0 amide bonds. The molecule has 1 heterocycles. The highest BCUT2D eigenvalue weighted by Gasteiger charge is 2.15. The van der Waals surface area contributed by atoms with E-state index in [1.165, 1.54) is 24.1 Å². The molecule has 2 nitrogen and oxygen atoms in total. The quantitative estimate of drug-likeness (QED) is 0.694. The predicted molar refractivity (Wildman–Crippen MR) is 53.8 cm³/mol. The molecule has 0 fully saturated rings. The van der Waals surface area contributed by atoms with Crippen LogP contribution >= 0.6 is 0 Å². The summed E-state index contributed by atoms with van der Waals surface area (Å²) in [5.41, 5.74) is 2.46. The van der Waals surface area contributed by atoms with Gasteiger partial charge in [0.05, 0.1) is 5.69 Å². The number of aryl methyl sites for hydroxylation is 1. The standard InChI is InChI=1S/C11H19NO/c1-4-7-9(5-2)11-10(6-3)8-13-12-11/h8-9H,4-7H2,1-3H3. The van der Waals surface area contributed by atoms with E-state index in [4.69, 9.17) is 4.52 Å². The van der Waals surface area contributed by atoms with E-state index in [-0.39, 0.29) is 0 Å². The first-order valence-corrected chi connectivity index (χ1v) is 5.26. The molecule has 0 bridgehead atoms. The molecule has 0 aliphatic carbocycles. The summed E-state index contributed by atoms with van der Waals surface area (Å²) in [6.45, 7) is 6.58. The second kappa shape index (κ2) is 5.05. The van der Waals surface area contributed by atoms with Gasteiger partial charge in [-0.1, -0.05) is 32.3 Å². The normalized spacial score (nSPS) is 13.2. The molecule has 0 spiro atoms. The van der Waals surface area contributed by atoms with Crippen molar-refractivity contribution in [2.75, 3.05) is 0 Å². The molecule has 0 aliphatic heterocycles. The van der Waals surface area contributed by atoms with Crippen LogP contribution < -0.4 is 0 Å². The van der Waals surface area contributed by atoms with Gasteiger partial charge < -0.3 is 4.52 Å². The highest BCUT2D eigenvalue weighted by molar-refractivity contribution is 5.18. The first-order chi connectivity index (χ1) is 6.33. The lowest BCUT2D eigenvalue weighted by molar-refractivity contribution is 0.400. The van der Waals surface area contributed by atoms with Gasteiger partial charge in [-0.3, -0.25) is 0 Å². The van der Waals surface area contributed by atoms with Gasteiger partial charge in [0.15, 0.2) is 0 Å². The van der Waals surface area contributed by atoms with Crippen molar-refractivity contribution in [1.29, 1.82) is 0 Å². The number of rotatable bonds is 5. The van der Waals surface area contributed by atoms with Crippen molar-refractivity contribution in [2.45, 2.75) is 52.4 Å². The summed E-state index contributed by atoms with van der Waals surface area (Å²) in [6, 6.07) is 0. The van der Waals surface area contributed by atoms with Crippen molar-refractivity contribution in [1.82, 2.24) is 5.16 Å². The molecule has 74 valence electrons. The van der Waals surface area contributed by atoms with Gasteiger partial charge in [-0.2, -0.15) is 0 Å². The fourth-order valence-electron chi connectivity index (χ4n) is 1.75. The molecule has 0 saturated carbocycles. The van der Waals surface area contributed by atoms with Crippen LogP contribution in [0.25, 0.3) is 0 Å². The molecule has 13 heavy (non-hydrogen) atoms. The fourth-order valence-corrected chi connectivity index (χ4v) is 1.75. The zero-order valence-electron chi connectivity index (χ0n) is 8.84. The van der Waals surface area contributed by atoms with Crippen molar-refractivity contribution >= 4 is 0 Å². The van der Waals surface area contributed by atoms with Crippen molar-refractivity contribution in [3.8, 4) is 0 Å². The van der Waals surface area contributed by atoms with E-state index in [1.807, 2.05) is 0 Å². The first kappa shape index (κ1) is 10.3. The molecule has 1 aromatic heterocycles. The molecule has 0 aliphatic rings. The van der Waals surface area contributed by atoms with Crippen LogP contribution in [-0.4, -0.2) is 5.16 Å². The van der Waals surface area contributed by atoms with Crippen LogP contribution in [0.1, 0.15) is 57.2 Å². The summed E-state index contributed by atoms with van der Waals surface area (Å²) < 4.78 is 5.02. The average molecular weight is 181 g/mol. The third-order valence-electron chi connectivity index (χ3n) is 2.57. The summed E-state index contributed by atoms with van der Waals surface area (Å²) >= 11 is 0. The molecule has 0 saturated heterocycles. The summed E-state index contributed by atoms with van der Waals surface area (Å²) in [5, 5.41) is 4.10. The minimum atomic E-state index is 0.596. The lowest BCUT2D eigenvalue weighted by atomic mass is 9.94. The van der Waals surface area contributed by atoms with E-state index in [0.717, 1.165) is 12.8 Å². The highest BCUT2D eigenvalue weighted by Crippen LogP contribution is 2.26. The maximum Gasteiger partial charge on any atom is 0.127 e. The van der Waals surface area contributed by atoms with E-state index in [1.54, 1.807) is 6.26 Å². The van der Waals surface area contributed by atoms with Crippen LogP contribution in [0, 0.1) is 0 Å². The number of hydrogen-bond acceptors (Lipinski definition) is 2. The van der Waals surface area contributed by atoms with E-state index in [2.05, 4.69) is 25.9 Å². The first-order valence-electron chi connectivity index (χ1n) is 5.26. The van der Waals surface area contributed by atoms with Gasteiger partial charge in [-0.25, -0.2) is 0 Å². The molecule has 0 N–H and O–H groups in total. The Labute approximate surface area is 80.3 Å². The predicted octanol–water partition coefficient (Wildman–Crippen LogP) is 3.53. The van der Waals surface area contributed by atoms with Crippen molar-refractivity contribution in [3.05, 3.63) is 17.5 Å². The Kier molecular flexibility index (Phi) is 4.00. The smallest absolute Gasteiger partial charge is 0.127 e. The summed E-state index contributed by atoms with van der Waals surface area (Å²) in [6.07, 6.45) is 6.41. The third-order valence-corrected chi connectivity index (χ3v) is 2.57. The molecule has 1 rings (SSSR count). The molecule has 1 atom stereocenters. The maximum absolute atomic E-state index is 5.02. The van der Waals surface area contributed by atoms with E-state index >= 15 is 0 Å². The Morgan fingerprint density at radius 2 is 2.15 bits per heavy atom. The van der Waals surface area contributed by atoms with Gasteiger partial charge in [0.1, 0.15) is 6.26 Å². The second-order valence-corrected chi connectivity index (χ2v) is 3.47. The van der Waals surface area contributed by atoms with Gasteiger partial charge in [-0.15, -0.1) is 0 Å². The van der Waals surface area contributed by atoms with Crippen LogP contribution in [0.2, 0.25) is 0 Å². The number of aromatic nitrogens is 1. The lowest BCUT2D eigenvalue weighted by Crippen LogP contribution is -2.00. The molecule has 2 heteroatoms. The van der Waals surface area contributed by atoms with Gasteiger partial charge in [-0.05, 0) is 19.3 Å². The Hall–Kier alpha value is -0.790. The summed E-state index contributed by atoms with van der Waals surface area (Å²) in [5.74, 6) is 0.596. The zero-order chi connectivity index (χ0) is 9.68. The molecule has 1 unspecified atom stereocenters. The average Bonchev–Trinajstić information content (AvgIpc) is 2.61. The Morgan fingerprint density at radius 1 is 1.38 bits per heavy atom. The van der Waals surface area contributed by atoms with Crippen molar-refractivity contribution < 1.29 is 4.52 Å². The number of nitrogens with zero attached hydrogens (tertiary/aromatic N) is 1. The van der Waals surface area contributed by atoms with E-state index in [0.29, 0.717) is 5.92 Å². The minimum Gasteiger partial charge on any atom is -0.364 e. The SMILES string of the molecule is CCCC(CC)c1nocc1CC. The Bertz CT molecular complexity index is 242. The van der Waals surface area contributed by atoms with Gasteiger partial charge >= 0.3 is 0 Å². The van der Waals surface area contributed by atoms with Crippen LogP contribution in [-0.2, 0) is 6.42 Å². The van der Waals surface area contributed by atoms with Gasteiger partial charge in [0.2, 0.25) is 0 Å². The third kappa shape index (κ3) is 2.33. The molecule has 0 radical (unpaired) electrons. The zero-order valence-corrected chi connectivity index (χ0v) is 8.84. The Balaban J connectivity index is 2.77. The fraction of sp³-hybridized carbons (Fsp3) is 0.727. The largest absolute Gasteiger partial charge is 0.364 e. The van der Waals surface area contributed by atoms with Crippen molar-refractivity contribution in [3.63, 3.8) is 0 Å². The van der Waals surface area contributed by atoms with E-state index in [9.17, 15) is 0 Å². The summed E-state index contributed by atoms with van der Waals surface area (Å²) in [4.78, 5) is 0. The molecular weight excluding hydrogens is 162 g/mol.